The van der Waals surface area contributed by atoms with Crippen molar-refractivity contribution in [2.24, 2.45) is 5.92 Å². The van der Waals surface area contributed by atoms with Gasteiger partial charge in [-0.1, -0.05) is 12.1 Å². The molecule has 114 valence electrons. The molecule has 0 radical (unpaired) electrons. The molecule has 1 aromatic carbocycles. The van der Waals surface area contributed by atoms with Crippen LogP contribution in [0, 0.1) is 12.8 Å². The molecule has 21 heavy (non-hydrogen) atoms. The second kappa shape index (κ2) is 7.22. The summed E-state index contributed by atoms with van der Waals surface area (Å²) in [5.74, 6) is -1.17. The Morgan fingerprint density at radius 1 is 1.29 bits per heavy atom. The Balaban J connectivity index is 1.71. The van der Waals surface area contributed by atoms with Crippen LogP contribution in [0.3, 0.4) is 0 Å². The number of ether oxygens (including phenoxy) is 1. The van der Waals surface area contributed by atoms with Crippen molar-refractivity contribution in [1.82, 2.24) is 0 Å². The number of amides is 1. The molecule has 0 aromatic heterocycles. The van der Waals surface area contributed by atoms with E-state index in [0.717, 1.165) is 11.3 Å². The van der Waals surface area contributed by atoms with Crippen LogP contribution in [0.5, 0.6) is 0 Å². The summed E-state index contributed by atoms with van der Waals surface area (Å²) in [6.45, 7) is 1.98. The summed E-state index contributed by atoms with van der Waals surface area (Å²) in [4.78, 5) is 22.7. The third-order valence-electron chi connectivity index (χ3n) is 3.78. The molecule has 0 unspecified atom stereocenters. The summed E-state index contributed by atoms with van der Waals surface area (Å²) in [6, 6.07) is 7.59. The van der Waals surface area contributed by atoms with Gasteiger partial charge in [0.05, 0.1) is 12.0 Å². The molecular weight excluding hydrogens is 270 g/mol. The lowest BCUT2D eigenvalue weighted by molar-refractivity contribution is -0.144. The minimum absolute atomic E-state index is 0.0103. The number of hydrogen-bond acceptors (Lipinski definition) is 3. The van der Waals surface area contributed by atoms with Gasteiger partial charge in [-0.2, -0.15) is 0 Å². The predicted octanol–water partition coefficient (Wildman–Crippen LogP) is 2.59. The van der Waals surface area contributed by atoms with Crippen molar-refractivity contribution >= 4 is 17.6 Å². The van der Waals surface area contributed by atoms with Crippen LogP contribution >= 0.6 is 0 Å². The van der Waals surface area contributed by atoms with Crippen molar-refractivity contribution in [2.45, 2.75) is 38.7 Å². The van der Waals surface area contributed by atoms with Crippen molar-refractivity contribution in [1.29, 1.82) is 0 Å². The van der Waals surface area contributed by atoms with Gasteiger partial charge in [0.15, 0.2) is 0 Å². The molecule has 0 spiro atoms. The van der Waals surface area contributed by atoms with Gasteiger partial charge >= 0.3 is 5.97 Å². The number of aliphatic carboxylic acids is 1. The Morgan fingerprint density at radius 3 is 2.62 bits per heavy atom. The Labute approximate surface area is 124 Å². The highest BCUT2D eigenvalue weighted by Crippen LogP contribution is 2.26. The molecule has 0 saturated heterocycles. The van der Waals surface area contributed by atoms with Crippen LogP contribution in [0.25, 0.3) is 0 Å². The zero-order chi connectivity index (χ0) is 15.2. The van der Waals surface area contributed by atoms with Crippen LogP contribution in [0.4, 0.5) is 5.69 Å². The number of aryl methyl sites for hydroxylation is 1. The van der Waals surface area contributed by atoms with Crippen molar-refractivity contribution in [2.75, 3.05) is 11.9 Å². The van der Waals surface area contributed by atoms with Gasteiger partial charge in [0, 0.05) is 5.69 Å². The quantitative estimate of drug-likeness (QED) is 0.874. The van der Waals surface area contributed by atoms with E-state index in [1.54, 1.807) is 0 Å². The number of carbonyl (C=O) groups excluding carboxylic acids is 1. The number of hydrogen-bond donors (Lipinski definition) is 2. The fourth-order valence-electron chi connectivity index (χ4n) is 2.59. The maximum atomic E-state index is 11.8. The SMILES string of the molecule is Cc1cccc(NC(=O)COC2CCC(C(=O)O)CC2)c1. The maximum Gasteiger partial charge on any atom is 0.306 e. The van der Waals surface area contributed by atoms with Gasteiger partial charge in [-0.15, -0.1) is 0 Å². The van der Waals surface area contributed by atoms with Crippen molar-refractivity contribution in [3.05, 3.63) is 29.8 Å². The fraction of sp³-hybridized carbons (Fsp3) is 0.500. The number of rotatable bonds is 5. The lowest BCUT2D eigenvalue weighted by Crippen LogP contribution is -2.29. The van der Waals surface area contributed by atoms with Gasteiger partial charge in [-0.25, -0.2) is 0 Å². The molecule has 0 heterocycles. The number of anilines is 1. The summed E-state index contributed by atoms with van der Waals surface area (Å²) in [5.41, 5.74) is 1.85. The standard InChI is InChI=1S/C16H21NO4/c1-11-3-2-4-13(9-11)17-15(18)10-21-14-7-5-12(6-8-14)16(19)20/h2-4,9,12,14H,5-8,10H2,1H3,(H,17,18)(H,19,20). The van der Waals surface area contributed by atoms with E-state index in [9.17, 15) is 9.59 Å². The largest absolute Gasteiger partial charge is 0.481 e. The van der Waals surface area contributed by atoms with Crippen LogP contribution in [-0.4, -0.2) is 29.7 Å². The smallest absolute Gasteiger partial charge is 0.306 e. The monoisotopic (exact) mass is 291 g/mol. The minimum Gasteiger partial charge on any atom is -0.481 e. The summed E-state index contributed by atoms with van der Waals surface area (Å²) in [6.07, 6.45) is 2.64. The maximum absolute atomic E-state index is 11.8. The highest BCUT2D eigenvalue weighted by molar-refractivity contribution is 5.91. The van der Waals surface area contributed by atoms with Gasteiger partial charge in [0.2, 0.25) is 5.91 Å². The molecule has 0 bridgehead atoms. The van der Waals surface area contributed by atoms with Gasteiger partial charge in [0.1, 0.15) is 6.61 Å². The lowest BCUT2D eigenvalue weighted by atomic mass is 9.87. The molecule has 2 rings (SSSR count). The molecular formula is C16H21NO4. The molecule has 1 saturated carbocycles. The van der Waals surface area contributed by atoms with Gasteiger partial charge in [-0.3, -0.25) is 9.59 Å². The van der Waals surface area contributed by atoms with E-state index >= 15 is 0 Å². The van der Waals surface area contributed by atoms with E-state index in [2.05, 4.69) is 5.32 Å². The first kappa shape index (κ1) is 15.5. The first-order chi connectivity index (χ1) is 10.0. The third kappa shape index (κ3) is 4.86. The molecule has 1 amide bonds. The third-order valence-corrected chi connectivity index (χ3v) is 3.78. The summed E-state index contributed by atoms with van der Waals surface area (Å²) in [7, 11) is 0. The molecule has 5 heteroatoms. The van der Waals surface area contributed by atoms with Crippen LogP contribution in [-0.2, 0) is 14.3 Å². The van der Waals surface area contributed by atoms with E-state index < -0.39 is 5.97 Å². The lowest BCUT2D eigenvalue weighted by Gasteiger charge is -2.25. The van der Waals surface area contributed by atoms with Crippen molar-refractivity contribution < 1.29 is 19.4 Å². The van der Waals surface area contributed by atoms with E-state index in [1.807, 2.05) is 31.2 Å². The predicted molar refractivity (Wildman–Crippen MR) is 79.1 cm³/mol. The first-order valence-corrected chi connectivity index (χ1v) is 7.25. The average molecular weight is 291 g/mol. The molecule has 1 aliphatic carbocycles. The summed E-state index contributed by atoms with van der Waals surface area (Å²) < 4.78 is 5.57. The van der Waals surface area contributed by atoms with E-state index in [-0.39, 0.29) is 24.5 Å². The minimum atomic E-state index is -0.731. The normalized spacial score (nSPS) is 21.8. The molecule has 5 nitrogen and oxygen atoms in total. The Kier molecular flexibility index (Phi) is 5.33. The van der Waals surface area contributed by atoms with E-state index in [4.69, 9.17) is 9.84 Å². The number of carboxylic acids is 1. The highest BCUT2D eigenvalue weighted by atomic mass is 16.5. The van der Waals surface area contributed by atoms with Crippen molar-refractivity contribution in [3.63, 3.8) is 0 Å². The zero-order valence-electron chi connectivity index (χ0n) is 12.2. The van der Waals surface area contributed by atoms with E-state index in [1.165, 1.54) is 0 Å². The number of nitrogens with one attached hydrogen (secondary N) is 1. The molecule has 0 atom stereocenters. The van der Waals surface area contributed by atoms with E-state index in [0.29, 0.717) is 25.7 Å². The molecule has 1 aromatic rings. The topological polar surface area (TPSA) is 75.6 Å². The summed E-state index contributed by atoms with van der Waals surface area (Å²) >= 11 is 0. The Bertz CT molecular complexity index is 507. The van der Waals surface area contributed by atoms with Crippen LogP contribution < -0.4 is 5.32 Å². The van der Waals surface area contributed by atoms with Gasteiger partial charge < -0.3 is 15.2 Å². The number of benzene rings is 1. The summed E-state index contributed by atoms with van der Waals surface area (Å²) in [5, 5.41) is 11.7. The molecule has 2 N–H and O–H groups in total. The number of carbonyl (C=O) groups is 2. The molecule has 1 aliphatic rings. The average Bonchev–Trinajstić information content (AvgIpc) is 2.45. The second-order valence-corrected chi connectivity index (χ2v) is 5.54. The Hall–Kier alpha value is -1.88. The fourth-order valence-corrected chi connectivity index (χ4v) is 2.59. The van der Waals surface area contributed by atoms with Gasteiger partial charge in [0.25, 0.3) is 0 Å². The van der Waals surface area contributed by atoms with Crippen LogP contribution in [0.15, 0.2) is 24.3 Å². The van der Waals surface area contributed by atoms with Gasteiger partial charge in [-0.05, 0) is 50.3 Å². The number of carboxylic acid groups (broad SMARTS) is 1. The molecule has 1 fully saturated rings. The Morgan fingerprint density at radius 2 is 2.00 bits per heavy atom. The first-order valence-electron chi connectivity index (χ1n) is 7.25. The highest BCUT2D eigenvalue weighted by Gasteiger charge is 2.26. The molecule has 0 aliphatic heterocycles. The second-order valence-electron chi connectivity index (χ2n) is 5.54. The van der Waals surface area contributed by atoms with Crippen LogP contribution in [0.2, 0.25) is 0 Å². The zero-order valence-corrected chi connectivity index (χ0v) is 12.2. The van der Waals surface area contributed by atoms with Crippen LogP contribution in [0.1, 0.15) is 31.2 Å². The van der Waals surface area contributed by atoms with Crippen molar-refractivity contribution in [3.8, 4) is 0 Å².